The van der Waals surface area contributed by atoms with Gasteiger partial charge in [-0.2, -0.15) is 0 Å². The van der Waals surface area contributed by atoms with Gasteiger partial charge in [-0.15, -0.1) is 0 Å². The monoisotopic (exact) mass is 768 g/mol. The van der Waals surface area contributed by atoms with Crippen molar-refractivity contribution in [3.63, 3.8) is 0 Å². The third-order valence-corrected chi connectivity index (χ3v) is 10.4. The van der Waals surface area contributed by atoms with E-state index >= 15 is 0 Å². The smallest absolute Gasteiger partial charge is 0.164 e. The standard InChI is InChI=1S/C54H36N6/c1-5-19-37(20-6-1)45-31-13-15-33-47(45)53-57-49(39-23-9-3-10-24-39)55-51(59-53)43-29-17-27-41(35-43)42-28-18-30-44(36-42)52-56-50(40-25-11-4-12-26-40)58-54(60-52)48-34-16-14-32-46(48)38-21-7-2-8-22-38/h1-36H. The molecule has 2 heterocycles. The Balaban J connectivity index is 1.07. The van der Waals surface area contributed by atoms with Gasteiger partial charge in [0.15, 0.2) is 34.9 Å². The number of rotatable bonds is 9. The average molecular weight is 769 g/mol. The van der Waals surface area contributed by atoms with Gasteiger partial charge in [-0.25, -0.2) is 29.9 Å². The second-order valence-electron chi connectivity index (χ2n) is 14.3. The predicted molar refractivity (Wildman–Crippen MR) is 242 cm³/mol. The third-order valence-electron chi connectivity index (χ3n) is 10.4. The minimum atomic E-state index is 0.589. The van der Waals surface area contributed by atoms with Crippen molar-refractivity contribution in [3.05, 3.63) is 218 Å². The summed E-state index contributed by atoms with van der Waals surface area (Å²) >= 11 is 0. The number of aromatic nitrogens is 6. The molecule has 0 aliphatic heterocycles. The second-order valence-corrected chi connectivity index (χ2v) is 14.3. The zero-order valence-electron chi connectivity index (χ0n) is 32.5. The Hall–Kier alpha value is -8.22. The highest BCUT2D eigenvalue weighted by Crippen LogP contribution is 2.35. The fourth-order valence-electron chi connectivity index (χ4n) is 7.45. The largest absolute Gasteiger partial charge is 0.208 e. The molecule has 0 N–H and O–H groups in total. The van der Waals surface area contributed by atoms with Gasteiger partial charge in [-0.1, -0.05) is 206 Å². The summed E-state index contributed by atoms with van der Waals surface area (Å²) < 4.78 is 0. The molecule has 6 heteroatoms. The van der Waals surface area contributed by atoms with Gasteiger partial charge < -0.3 is 0 Å². The first-order valence-electron chi connectivity index (χ1n) is 19.9. The molecule has 2 aromatic heterocycles. The van der Waals surface area contributed by atoms with Crippen LogP contribution in [0, 0.1) is 0 Å². The molecule has 8 aromatic carbocycles. The maximum absolute atomic E-state index is 5.14. The van der Waals surface area contributed by atoms with Crippen LogP contribution in [-0.4, -0.2) is 29.9 Å². The van der Waals surface area contributed by atoms with Crippen LogP contribution < -0.4 is 0 Å². The summed E-state index contributed by atoms with van der Waals surface area (Å²) in [4.78, 5) is 30.5. The number of hydrogen-bond donors (Lipinski definition) is 0. The molecule has 282 valence electrons. The van der Waals surface area contributed by atoms with Crippen LogP contribution in [0.2, 0.25) is 0 Å². The molecule has 10 rings (SSSR count). The fraction of sp³-hybridized carbons (Fsp3) is 0. The van der Waals surface area contributed by atoms with E-state index in [1.54, 1.807) is 0 Å². The van der Waals surface area contributed by atoms with Crippen molar-refractivity contribution in [2.24, 2.45) is 0 Å². The summed E-state index contributed by atoms with van der Waals surface area (Å²) in [5, 5.41) is 0. The van der Waals surface area contributed by atoms with Gasteiger partial charge in [0.25, 0.3) is 0 Å². The Bertz CT molecular complexity index is 2870. The zero-order chi connectivity index (χ0) is 40.1. The van der Waals surface area contributed by atoms with Crippen LogP contribution in [0.15, 0.2) is 218 Å². The van der Waals surface area contributed by atoms with E-state index in [-0.39, 0.29) is 0 Å². The molecule has 0 fully saturated rings. The summed E-state index contributed by atoms with van der Waals surface area (Å²) in [5.41, 5.74) is 11.8. The van der Waals surface area contributed by atoms with Crippen molar-refractivity contribution in [1.82, 2.24) is 29.9 Å². The lowest BCUT2D eigenvalue weighted by atomic mass is 9.98. The van der Waals surface area contributed by atoms with Gasteiger partial charge >= 0.3 is 0 Å². The van der Waals surface area contributed by atoms with Gasteiger partial charge in [-0.3, -0.25) is 0 Å². The number of nitrogens with zero attached hydrogens (tertiary/aromatic N) is 6. The van der Waals surface area contributed by atoms with Crippen molar-refractivity contribution in [1.29, 1.82) is 0 Å². The molecule has 0 saturated heterocycles. The van der Waals surface area contributed by atoms with Gasteiger partial charge in [-0.05, 0) is 45.5 Å². The maximum Gasteiger partial charge on any atom is 0.164 e. The first-order valence-corrected chi connectivity index (χ1v) is 19.9. The molecule has 60 heavy (non-hydrogen) atoms. The lowest BCUT2D eigenvalue weighted by Gasteiger charge is -2.13. The van der Waals surface area contributed by atoms with Crippen molar-refractivity contribution >= 4 is 0 Å². The molecular formula is C54H36N6. The SMILES string of the molecule is c1ccc(-c2nc(-c3cccc(-c4cccc(-c5nc(-c6ccccc6)nc(-c6ccccc6-c6ccccc6)n5)c4)c3)nc(-c3ccccc3-c3ccccc3)n2)cc1. The average Bonchev–Trinajstić information content (AvgIpc) is 3.35. The van der Waals surface area contributed by atoms with Crippen molar-refractivity contribution in [3.8, 4) is 102 Å². The Morgan fingerprint density at radius 1 is 0.167 bits per heavy atom. The van der Waals surface area contributed by atoms with Crippen molar-refractivity contribution in [2.45, 2.75) is 0 Å². The molecule has 0 unspecified atom stereocenters. The normalized spacial score (nSPS) is 11.0. The lowest BCUT2D eigenvalue weighted by Crippen LogP contribution is -2.01. The van der Waals surface area contributed by atoms with Crippen LogP contribution in [0.5, 0.6) is 0 Å². The van der Waals surface area contributed by atoms with Gasteiger partial charge in [0, 0.05) is 33.4 Å². The Morgan fingerprint density at radius 3 is 0.783 bits per heavy atom. The summed E-state index contributed by atoms with van der Waals surface area (Å²) in [6, 6.07) is 74.1. The molecule has 0 radical (unpaired) electrons. The molecule has 10 aromatic rings. The molecule has 0 amide bonds. The van der Waals surface area contributed by atoms with E-state index in [1.807, 2.05) is 121 Å². The molecular weight excluding hydrogens is 733 g/mol. The molecule has 0 aliphatic rings. The molecule has 0 aliphatic carbocycles. The van der Waals surface area contributed by atoms with E-state index < -0.39 is 0 Å². The van der Waals surface area contributed by atoms with Crippen molar-refractivity contribution < 1.29 is 0 Å². The third kappa shape index (κ3) is 7.49. The predicted octanol–water partition coefficient (Wildman–Crippen LogP) is 13.1. The van der Waals surface area contributed by atoms with E-state index in [1.165, 1.54) is 0 Å². The second kappa shape index (κ2) is 16.3. The Labute approximate surface area is 348 Å². The molecule has 6 nitrogen and oxygen atoms in total. The summed E-state index contributed by atoms with van der Waals surface area (Å²) in [7, 11) is 0. The lowest BCUT2D eigenvalue weighted by molar-refractivity contribution is 1.07. The van der Waals surface area contributed by atoms with Crippen molar-refractivity contribution in [2.75, 3.05) is 0 Å². The van der Waals surface area contributed by atoms with Crippen LogP contribution in [0.3, 0.4) is 0 Å². The number of benzene rings is 8. The van der Waals surface area contributed by atoms with Gasteiger partial charge in [0.05, 0.1) is 0 Å². The van der Waals surface area contributed by atoms with Crippen LogP contribution >= 0.6 is 0 Å². The van der Waals surface area contributed by atoms with Gasteiger partial charge in [0.1, 0.15) is 0 Å². The maximum atomic E-state index is 5.14. The molecule has 0 bridgehead atoms. The first-order chi connectivity index (χ1) is 29.7. The fourth-order valence-corrected chi connectivity index (χ4v) is 7.45. The minimum Gasteiger partial charge on any atom is -0.208 e. The minimum absolute atomic E-state index is 0.589. The van der Waals surface area contributed by atoms with E-state index in [2.05, 4.69) is 97.1 Å². The zero-order valence-corrected chi connectivity index (χ0v) is 32.5. The Morgan fingerprint density at radius 2 is 0.417 bits per heavy atom. The highest BCUT2D eigenvalue weighted by atomic mass is 15.0. The first kappa shape index (κ1) is 36.1. The van der Waals surface area contributed by atoms with Crippen LogP contribution in [0.25, 0.3) is 102 Å². The molecule has 0 atom stereocenters. The van der Waals surface area contributed by atoms with E-state index in [0.29, 0.717) is 34.9 Å². The van der Waals surface area contributed by atoms with E-state index in [9.17, 15) is 0 Å². The summed E-state index contributed by atoms with van der Waals surface area (Å²) in [5.74, 6) is 3.62. The Kier molecular flexibility index (Phi) is 9.84. The topological polar surface area (TPSA) is 77.3 Å². The van der Waals surface area contributed by atoms with Crippen LogP contribution in [0.1, 0.15) is 0 Å². The molecule has 0 saturated carbocycles. The highest BCUT2D eigenvalue weighted by molar-refractivity contribution is 5.84. The van der Waals surface area contributed by atoms with E-state index in [0.717, 1.165) is 66.8 Å². The quantitative estimate of drug-likeness (QED) is 0.145. The van der Waals surface area contributed by atoms with Crippen LogP contribution in [0.4, 0.5) is 0 Å². The summed E-state index contributed by atoms with van der Waals surface area (Å²) in [6.45, 7) is 0. The van der Waals surface area contributed by atoms with Gasteiger partial charge in [0.2, 0.25) is 0 Å². The summed E-state index contributed by atoms with van der Waals surface area (Å²) in [6.07, 6.45) is 0. The molecule has 0 spiro atoms. The number of hydrogen-bond acceptors (Lipinski definition) is 6. The highest BCUT2D eigenvalue weighted by Gasteiger charge is 2.18. The van der Waals surface area contributed by atoms with E-state index in [4.69, 9.17) is 29.9 Å². The van der Waals surface area contributed by atoms with Crippen LogP contribution in [-0.2, 0) is 0 Å².